The fourth-order valence-corrected chi connectivity index (χ4v) is 4.70. The van der Waals surface area contributed by atoms with Gasteiger partial charge in [-0.3, -0.25) is 0 Å². The third kappa shape index (κ3) is 1.74. The predicted molar refractivity (Wildman–Crippen MR) is 95.5 cm³/mol. The molecule has 2 bridgehead atoms. The van der Waals surface area contributed by atoms with Crippen molar-refractivity contribution < 1.29 is 20.1 Å². The van der Waals surface area contributed by atoms with Crippen LogP contribution in [0.25, 0.3) is 16.5 Å². The molecule has 136 valence electrons. The van der Waals surface area contributed by atoms with Crippen LogP contribution in [0, 0.1) is 11.3 Å². The normalized spacial score (nSPS) is 28.4. The van der Waals surface area contributed by atoms with Gasteiger partial charge in [0.2, 0.25) is 11.8 Å². The van der Waals surface area contributed by atoms with E-state index in [-0.39, 0.29) is 17.5 Å². The number of ether oxygens (including phenoxy) is 1. The summed E-state index contributed by atoms with van der Waals surface area (Å²) in [7, 11) is 0. The molecule has 2 aliphatic rings. The lowest BCUT2D eigenvalue weighted by atomic mass is 9.78. The molecule has 2 aromatic heterocycles. The van der Waals surface area contributed by atoms with Crippen LogP contribution in [-0.4, -0.2) is 31.0 Å². The van der Waals surface area contributed by atoms with E-state index in [1.54, 1.807) is 32.0 Å². The van der Waals surface area contributed by atoms with Crippen LogP contribution in [-0.2, 0) is 15.9 Å². The average molecular weight is 363 g/mol. The van der Waals surface area contributed by atoms with Crippen LogP contribution in [0.15, 0.2) is 30.5 Å². The summed E-state index contributed by atoms with van der Waals surface area (Å²) >= 11 is 0. The monoisotopic (exact) mass is 363 g/mol. The van der Waals surface area contributed by atoms with Crippen LogP contribution >= 0.6 is 0 Å². The summed E-state index contributed by atoms with van der Waals surface area (Å²) in [6.45, 7) is 3.51. The zero-order valence-corrected chi connectivity index (χ0v) is 14.8. The van der Waals surface area contributed by atoms with Crippen molar-refractivity contribution in [2.24, 2.45) is 0 Å². The number of hydrogen-bond acceptors (Lipinski definition) is 6. The van der Waals surface area contributed by atoms with Crippen molar-refractivity contribution in [3.05, 3.63) is 47.3 Å². The molecule has 3 atom stereocenters. The lowest BCUT2D eigenvalue weighted by Gasteiger charge is -2.25. The Morgan fingerprint density at radius 2 is 1.85 bits per heavy atom. The Hall–Kier alpha value is -3.08. The Balaban J connectivity index is 1.86. The summed E-state index contributed by atoms with van der Waals surface area (Å²) in [5.41, 5.74) is -0.365. The number of pyridine rings is 1. The number of aromatic hydroxyl groups is 2. The number of aliphatic hydroxyl groups excluding tert-OH is 1. The van der Waals surface area contributed by atoms with Gasteiger partial charge >= 0.3 is 0 Å². The first kappa shape index (κ1) is 16.1. The number of aromatic nitrogens is 2. The van der Waals surface area contributed by atoms with Gasteiger partial charge in [-0.25, -0.2) is 9.55 Å². The highest BCUT2D eigenvalue weighted by Crippen LogP contribution is 2.64. The Morgan fingerprint density at radius 1 is 1.19 bits per heavy atom. The van der Waals surface area contributed by atoms with E-state index in [0.29, 0.717) is 34.0 Å². The number of aliphatic hydroxyl groups is 1. The van der Waals surface area contributed by atoms with Gasteiger partial charge in [-0.15, -0.1) is 0 Å². The number of nitriles is 1. The van der Waals surface area contributed by atoms with Gasteiger partial charge in [0.25, 0.3) is 0 Å². The van der Waals surface area contributed by atoms with Crippen molar-refractivity contribution in [2.45, 2.75) is 37.6 Å². The highest BCUT2D eigenvalue weighted by molar-refractivity contribution is 5.93. The molecule has 1 saturated heterocycles. The minimum Gasteiger partial charge on any atom is -0.494 e. The highest BCUT2D eigenvalue weighted by Gasteiger charge is 2.64. The molecule has 0 unspecified atom stereocenters. The first-order chi connectivity index (χ1) is 12.8. The molecule has 27 heavy (non-hydrogen) atoms. The molecular weight excluding hydrogens is 346 g/mol. The molecule has 1 fully saturated rings. The minimum absolute atomic E-state index is 0.141. The van der Waals surface area contributed by atoms with E-state index >= 15 is 0 Å². The molecule has 2 aliphatic heterocycles. The molecule has 7 heteroatoms. The summed E-state index contributed by atoms with van der Waals surface area (Å²) in [4.78, 5) is 4.19. The predicted octanol–water partition coefficient (Wildman–Crippen LogP) is 2.53. The lowest BCUT2D eigenvalue weighted by molar-refractivity contribution is -0.0936. The SMILES string of the molecule is C[C@@]12O[C@@](C)(C[C@H]1O)c1c2c(O)n(-c2cnc(C#N)c3ccccc23)c1O. The van der Waals surface area contributed by atoms with Crippen LogP contribution in [0.4, 0.5) is 0 Å². The first-order valence-corrected chi connectivity index (χ1v) is 8.66. The van der Waals surface area contributed by atoms with Crippen molar-refractivity contribution in [3.63, 3.8) is 0 Å². The molecule has 0 saturated carbocycles. The van der Waals surface area contributed by atoms with Gasteiger partial charge in [-0.1, -0.05) is 24.3 Å². The number of rotatable bonds is 1. The Bertz CT molecular complexity index is 1180. The van der Waals surface area contributed by atoms with Crippen molar-refractivity contribution in [3.8, 4) is 23.5 Å². The second kappa shape index (κ2) is 4.80. The van der Waals surface area contributed by atoms with E-state index in [2.05, 4.69) is 11.1 Å². The molecule has 3 aromatic rings. The van der Waals surface area contributed by atoms with Crippen molar-refractivity contribution in [1.29, 1.82) is 5.26 Å². The minimum atomic E-state index is -1.09. The topological polar surface area (TPSA) is 112 Å². The highest BCUT2D eigenvalue weighted by atomic mass is 16.6. The van der Waals surface area contributed by atoms with E-state index in [1.807, 2.05) is 6.07 Å². The van der Waals surface area contributed by atoms with E-state index in [9.17, 15) is 20.6 Å². The van der Waals surface area contributed by atoms with Gasteiger partial charge in [0.15, 0.2) is 0 Å². The van der Waals surface area contributed by atoms with Crippen molar-refractivity contribution in [1.82, 2.24) is 9.55 Å². The van der Waals surface area contributed by atoms with Gasteiger partial charge in [0.1, 0.15) is 17.4 Å². The van der Waals surface area contributed by atoms with Crippen LogP contribution in [0.3, 0.4) is 0 Å². The second-order valence-corrected chi connectivity index (χ2v) is 7.54. The molecule has 3 N–H and O–H groups in total. The maximum absolute atomic E-state index is 11.0. The zero-order chi connectivity index (χ0) is 19.1. The lowest BCUT2D eigenvalue weighted by Crippen LogP contribution is -2.32. The Labute approximate surface area is 154 Å². The largest absolute Gasteiger partial charge is 0.494 e. The maximum Gasteiger partial charge on any atom is 0.205 e. The molecule has 0 amide bonds. The fraction of sp³-hybridized carbons (Fsp3) is 0.300. The molecule has 4 heterocycles. The van der Waals surface area contributed by atoms with E-state index in [1.165, 1.54) is 10.8 Å². The number of hydrogen-bond donors (Lipinski definition) is 3. The molecule has 0 radical (unpaired) electrons. The third-order valence-electron chi connectivity index (χ3n) is 5.92. The van der Waals surface area contributed by atoms with Crippen LogP contribution < -0.4 is 0 Å². The van der Waals surface area contributed by atoms with E-state index < -0.39 is 17.3 Å². The van der Waals surface area contributed by atoms with Gasteiger partial charge < -0.3 is 20.1 Å². The van der Waals surface area contributed by atoms with Crippen LogP contribution in [0.5, 0.6) is 11.8 Å². The molecule has 0 spiro atoms. The molecule has 5 rings (SSSR count). The standard InChI is InChI=1S/C20H17N3O4/c1-19-7-14(24)20(2,27-19)16-15(19)17(25)23(18(16)26)13-9-22-12(8-21)10-5-3-4-6-11(10)13/h3-6,9,14,24-26H,7H2,1-2H3/t14-,19+,20-/m1/s1. The smallest absolute Gasteiger partial charge is 0.205 e. The first-order valence-electron chi connectivity index (χ1n) is 8.66. The van der Waals surface area contributed by atoms with E-state index in [0.717, 1.165) is 0 Å². The summed E-state index contributed by atoms with van der Waals surface area (Å²) < 4.78 is 7.32. The number of benzene rings is 1. The number of fused-ring (bicyclic) bond motifs is 6. The molecule has 1 aromatic carbocycles. The Morgan fingerprint density at radius 3 is 2.56 bits per heavy atom. The van der Waals surface area contributed by atoms with Gasteiger partial charge in [0, 0.05) is 17.2 Å². The van der Waals surface area contributed by atoms with Crippen LogP contribution in [0.1, 0.15) is 37.1 Å². The summed E-state index contributed by atoms with van der Waals surface area (Å²) in [6.07, 6.45) is 1.01. The van der Waals surface area contributed by atoms with E-state index in [4.69, 9.17) is 4.74 Å². The summed E-state index contributed by atoms with van der Waals surface area (Å²) in [5.74, 6) is -0.332. The quantitative estimate of drug-likeness (QED) is 0.613. The van der Waals surface area contributed by atoms with Crippen molar-refractivity contribution in [2.75, 3.05) is 0 Å². The summed E-state index contributed by atoms with van der Waals surface area (Å²) in [5, 5.41) is 43.1. The maximum atomic E-state index is 11.0. The molecular formula is C20H17N3O4. The van der Waals surface area contributed by atoms with Gasteiger partial charge in [-0.05, 0) is 13.8 Å². The Kier molecular flexibility index (Phi) is 2.86. The second-order valence-electron chi connectivity index (χ2n) is 7.54. The average Bonchev–Trinajstić information content (AvgIpc) is 3.15. The van der Waals surface area contributed by atoms with Gasteiger partial charge in [-0.2, -0.15) is 5.26 Å². The number of nitrogens with zero attached hydrogens (tertiary/aromatic N) is 3. The molecule has 0 aliphatic carbocycles. The molecule has 7 nitrogen and oxygen atoms in total. The summed E-state index contributed by atoms with van der Waals surface area (Å²) in [6, 6.07) is 9.26. The van der Waals surface area contributed by atoms with Crippen molar-refractivity contribution >= 4 is 10.8 Å². The zero-order valence-electron chi connectivity index (χ0n) is 14.8. The third-order valence-corrected chi connectivity index (χ3v) is 5.92. The van der Waals surface area contributed by atoms with Gasteiger partial charge in [0.05, 0.1) is 34.7 Å². The fourth-order valence-electron chi connectivity index (χ4n) is 4.70. The van der Waals surface area contributed by atoms with Crippen LogP contribution in [0.2, 0.25) is 0 Å².